The van der Waals surface area contributed by atoms with Crippen molar-refractivity contribution >= 4 is 5.97 Å². The van der Waals surface area contributed by atoms with Crippen LogP contribution in [0.25, 0.3) is 11.4 Å². The van der Waals surface area contributed by atoms with Gasteiger partial charge in [-0.15, -0.1) is 0 Å². The smallest absolute Gasteiger partial charge is 0.335 e. The number of carboxylic acid groups (broad SMARTS) is 1. The molecule has 1 aromatic carbocycles. The van der Waals surface area contributed by atoms with E-state index in [4.69, 9.17) is 10.1 Å². The van der Waals surface area contributed by atoms with Gasteiger partial charge in [-0.05, 0) is 42.9 Å². The van der Waals surface area contributed by atoms with Crippen molar-refractivity contribution in [3.05, 3.63) is 47.3 Å². The summed E-state index contributed by atoms with van der Waals surface area (Å²) in [6, 6.07) is 6.77. The molecule has 1 aromatic heterocycles. The number of carboxylic acids is 1. The summed E-state index contributed by atoms with van der Waals surface area (Å²) in [6.45, 7) is 2.25. The van der Waals surface area contributed by atoms with Gasteiger partial charge in [-0.3, -0.25) is 0 Å². The molecule has 0 fully saturated rings. The standard InChI is InChI=1S/C21H26N2O2/c1-2-3-4-5-6-15-7-12-19-18(13-15)14-22-20(23-19)16-8-10-17(11-9-16)21(24)25/h8-11,14-15H,2-7,12-13H2,1H3,(H,24,25). The highest BCUT2D eigenvalue weighted by Crippen LogP contribution is 2.29. The third kappa shape index (κ3) is 4.44. The topological polar surface area (TPSA) is 63.1 Å². The number of rotatable bonds is 7. The number of hydrogen-bond donors (Lipinski definition) is 1. The highest BCUT2D eigenvalue weighted by Gasteiger charge is 2.20. The molecule has 1 aliphatic rings. The molecule has 4 nitrogen and oxygen atoms in total. The Morgan fingerprint density at radius 3 is 2.72 bits per heavy atom. The van der Waals surface area contributed by atoms with E-state index >= 15 is 0 Å². The molecule has 0 amide bonds. The number of unbranched alkanes of at least 4 members (excludes halogenated alkanes) is 3. The van der Waals surface area contributed by atoms with Gasteiger partial charge in [-0.25, -0.2) is 14.8 Å². The lowest BCUT2D eigenvalue weighted by Gasteiger charge is -2.24. The van der Waals surface area contributed by atoms with Crippen molar-refractivity contribution in [2.45, 2.75) is 58.3 Å². The highest BCUT2D eigenvalue weighted by atomic mass is 16.4. The van der Waals surface area contributed by atoms with Crippen LogP contribution in [0.3, 0.4) is 0 Å². The van der Waals surface area contributed by atoms with E-state index in [1.165, 1.54) is 44.1 Å². The van der Waals surface area contributed by atoms with Crippen LogP contribution in [-0.4, -0.2) is 21.0 Å². The number of nitrogens with zero attached hydrogens (tertiary/aromatic N) is 2. The van der Waals surface area contributed by atoms with Crippen molar-refractivity contribution in [2.75, 3.05) is 0 Å². The number of aryl methyl sites for hydroxylation is 1. The summed E-state index contributed by atoms with van der Waals surface area (Å²) in [5.41, 5.74) is 3.61. The van der Waals surface area contributed by atoms with E-state index in [0.717, 1.165) is 30.0 Å². The zero-order chi connectivity index (χ0) is 17.6. The molecular formula is C21H26N2O2. The van der Waals surface area contributed by atoms with Gasteiger partial charge in [-0.2, -0.15) is 0 Å². The summed E-state index contributed by atoms with van der Waals surface area (Å²) >= 11 is 0. The molecule has 0 aliphatic heterocycles. The Balaban J connectivity index is 1.66. The molecule has 0 radical (unpaired) electrons. The van der Waals surface area contributed by atoms with Crippen LogP contribution in [0.5, 0.6) is 0 Å². The molecule has 4 heteroatoms. The van der Waals surface area contributed by atoms with Gasteiger partial charge in [0.05, 0.1) is 5.56 Å². The maximum atomic E-state index is 11.0. The van der Waals surface area contributed by atoms with Gasteiger partial charge in [-0.1, -0.05) is 51.2 Å². The number of hydrogen-bond acceptors (Lipinski definition) is 3. The van der Waals surface area contributed by atoms with Crippen LogP contribution in [0.2, 0.25) is 0 Å². The van der Waals surface area contributed by atoms with Crippen molar-refractivity contribution in [3.63, 3.8) is 0 Å². The van der Waals surface area contributed by atoms with Crippen LogP contribution in [0, 0.1) is 5.92 Å². The van der Waals surface area contributed by atoms with E-state index in [9.17, 15) is 4.79 Å². The Morgan fingerprint density at radius 1 is 1.20 bits per heavy atom. The first-order valence-corrected chi connectivity index (χ1v) is 9.36. The molecule has 25 heavy (non-hydrogen) atoms. The maximum absolute atomic E-state index is 11.0. The molecular weight excluding hydrogens is 312 g/mol. The third-order valence-corrected chi connectivity index (χ3v) is 5.11. The maximum Gasteiger partial charge on any atom is 0.335 e. The fraction of sp³-hybridized carbons (Fsp3) is 0.476. The van der Waals surface area contributed by atoms with E-state index in [1.807, 2.05) is 6.20 Å². The van der Waals surface area contributed by atoms with Gasteiger partial charge in [0.1, 0.15) is 0 Å². The van der Waals surface area contributed by atoms with Crippen molar-refractivity contribution < 1.29 is 9.90 Å². The van der Waals surface area contributed by atoms with Crippen molar-refractivity contribution in [3.8, 4) is 11.4 Å². The van der Waals surface area contributed by atoms with Crippen molar-refractivity contribution in [1.82, 2.24) is 9.97 Å². The molecule has 1 unspecified atom stereocenters. The lowest BCUT2D eigenvalue weighted by atomic mass is 9.84. The molecule has 132 valence electrons. The van der Waals surface area contributed by atoms with Crippen LogP contribution in [0.1, 0.15) is 67.1 Å². The second-order valence-corrected chi connectivity index (χ2v) is 7.01. The number of benzene rings is 1. The molecule has 0 saturated heterocycles. The Bertz CT molecular complexity index is 725. The lowest BCUT2D eigenvalue weighted by Crippen LogP contribution is -2.16. The Hall–Kier alpha value is -2.23. The summed E-state index contributed by atoms with van der Waals surface area (Å²) in [5, 5.41) is 8.99. The molecule has 0 bridgehead atoms. The number of aromatic carboxylic acids is 1. The number of aromatic nitrogens is 2. The second-order valence-electron chi connectivity index (χ2n) is 7.01. The first-order chi connectivity index (χ1) is 12.2. The Labute approximate surface area is 149 Å². The summed E-state index contributed by atoms with van der Waals surface area (Å²) in [7, 11) is 0. The first-order valence-electron chi connectivity index (χ1n) is 9.36. The summed E-state index contributed by atoms with van der Waals surface area (Å²) in [5.74, 6) is 0.550. The normalized spacial score (nSPS) is 16.4. The summed E-state index contributed by atoms with van der Waals surface area (Å²) in [6.07, 6.45) is 11.9. The van der Waals surface area contributed by atoms with Gasteiger partial charge < -0.3 is 5.11 Å². The molecule has 2 aromatic rings. The van der Waals surface area contributed by atoms with Crippen LogP contribution in [0.15, 0.2) is 30.5 Å². The van der Waals surface area contributed by atoms with E-state index in [1.54, 1.807) is 24.3 Å². The van der Waals surface area contributed by atoms with E-state index in [-0.39, 0.29) is 5.56 Å². The SMILES string of the molecule is CCCCCCC1CCc2nc(-c3ccc(C(=O)O)cc3)ncc2C1. The van der Waals surface area contributed by atoms with Crippen LogP contribution >= 0.6 is 0 Å². The van der Waals surface area contributed by atoms with Gasteiger partial charge in [0.2, 0.25) is 0 Å². The van der Waals surface area contributed by atoms with Crippen LogP contribution in [0.4, 0.5) is 0 Å². The zero-order valence-corrected chi connectivity index (χ0v) is 14.9. The minimum atomic E-state index is -0.914. The fourth-order valence-electron chi connectivity index (χ4n) is 3.59. The monoisotopic (exact) mass is 338 g/mol. The second kappa shape index (κ2) is 8.24. The van der Waals surface area contributed by atoms with E-state index in [2.05, 4.69) is 11.9 Å². The van der Waals surface area contributed by atoms with Crippen molar-refractivity contribution in [2.24, 2.45) is 5.92 Å². The lowest BCUT2D eigenvalue weighted by molar-refractivity contribution is 0.0697. The third-order valence-electron chi connectivity index (χ3n) is 5.11. The van der Waals surface area contributed by atoms with Gasteiger partial charge in [0.25, 0.3) is 0 Å². The Kier molecular flexibility index (Phi) is 5.79. The zero-order valence-electron chi connectivity index (χ0n) is 14.9. The summed E-state index contributed by atoms with van der Waals surface area (Å²) in [4.78, 5) is 20.2. The predicted octanol–water partition coefficient (Wildman–Crippen LogP) is 4.92. The van der Waals surface area contributed by atoms with Gasteiger partial charge >= 0.3 is 5.97 Å². The molecule has 3 rings (SSSR count). The quantitative estimate of drug-likeness (QED) is 0.728. The molecule has 0 saturated carbocycles. The average Bonchev–Trinajstić information content (AvgIpc) is 2.65. The molecule has 1 heterocycles. The van der Waals surface area contributed by atoms with Crippen LogP contribution in [-0.2, 0) is 12.8 Å². The minimum absolute atomic E-state index is 0.285. The molecule has 1 aliphatic carbocycles. The van der Waals surface area contributed by atoms with Crippen LogP contribution < -0.4 is 0 Å². The molecule has 1 N–H and O–H groups in total. The predicted molar refractivity (Wildman–Crippen MR) is 98.7 cm³/mol. The highest BCUT2D eigenvalue weighted by molar-refractivity contribution is 5.88. The number of fused-ring (bicyclic) bond motifs is 1. The number of carbonyl (C=O) groups is 1. The summed E-state index contributed by atoms with van der Waals surface area (Å²) < 4.78 is 0. The average molecular weight is 338 g/mol. The van der Waals surface area contributed by atoms with Gasteiger partial charge in [0, 0.05) is 17.5 Å². The van der Waals surface area contributed by atoms with E-state index < -0.39 is 5.97 Å². The largest absolute Gasteiger partial charge is 0.478 e. The minimum Gasteiger partial charge on any atom is -0.478 e. The van der Waals surface area contributed by atoms with E-state index in [0.29, 0.717) is 5.82 Å². The fourth-order valence-corrected chi connectivity index (χ4v) is 3.59. The van der Waals surface area contributed by atoms with Crippen molar-refractivity contribution in [1.29, 1.82) is 0 Å². The molecule has 0 spiro atoms. The molecule has 1 atom stereocenters. The first kappa shape index (κ1) is 17.6. The Morgan fingerprint density at radius 2 is 2.00 bits per heavy atom. The van der Waals surface area contributed by atoms with Gasteiger partial charge in [0.15, 0.2) is 5.82 Å².